The average molecular weight is 467 g/mol. The smallest absolute Gasteiger partial charge is 0.407 e. The molecule has 0 radical (unpaired) electrons. The minimum Gasteiger partial charge on any atom is -0.479 e. The number of aliphatic carboxylic acids is 1. The van der Waals surface area contributed by atoms with Crippen LogP contribution in [0.5, 0.6) is 0 Å². The quantitative estimate of drug-likeness (QED) is 0.522. The van der Waals surface area contributed by atoms with Gasteiger partial charge in [0.15, 0.2) is 6.10 Å². The number of carboxylic acid groups (broad SMARTS) is 1. The van der Waals surface area contributed by atoms with Crippen molar-refractivity contribution >= 4 is 18.0 Å². The number of hydrogen-bond acceptors (Lipinski definition) is 5. The Balaban J connectivity index is 1.33. The van der Waals surface area contributed by atoms with Gasteiger partial charge in [-0.2, -0.15) is 0 Å². The molecule has 1 fully saturated rings. The van der Waals surface area contributed by atoms with Gasteiger partial charge in [-0.3, -0.25) is 4.79 Å². The van der Waals surface area contributed by atoms with Crippen LogP contribution in [0.15, 0.2) is 48.5 Å². The summed E-state index contributed by atoms with van der Waals surface area (Å²) in [5, 5.41) is 14.7. The second kappa shape index (κ2) is 10.7. The normalized spacial score (nSPS) is 19.7. The van der Waals surface area contributed by atoms with Gasteiger partial charge in [0.1, 0.15) is 6.61 Å². The second-order valence-electron chi connectivity index (χ2n) is 8.75. The Kier molecular flexibility index (Phi) is 7.47. The van der Waals surface area contributed by atoms with Gasteiger partial charge in [-0.15, -0.1) is 0 Å². The highest BCUT2D eigenvalue weighted by Crippen LogP contribution is 2.44. The van der Waals surface area contributed by atoms with Crippen molar-refractivity contribution in [2.45, 2.75) is 56.7 Å². The molecule has 2 aromatic carbocycles. The summed E-state index contributed by atoms with van der Waals surface area (Å²) >= 11 is 0. The van der Waals surface area contributed by atoms with E-state index < -0.39 is 30.3 Å². The van der Waals surface area contributed by atoms with E-state index in [-0.39, 0.29) is 31.5 Å². The van der Waals surface area contributed by atoms with Gasteiger partial charge in [0.25, 0.3) is 0 Å². The number of benzene rings is 2. The summed E-state index contributed by atoms with van der Waals surface area (Å²) in [6.07, 6.45) is 0.249. The highest BCUT2D eigenvalue weighted by molar-refractivity contribution is 5.81. The van der Waals surface area contributed by atoms with Crippen LogP contribution < -0.4 is 10.6 Å². The van der Waals surface area contributed by atoms with Gasteiger partial charge in [0.05, 0.1) is 6.04 Å². The molecule has 2 amide bonds. The first-order valence-corrected chi connectivity index (χ1v) is 11.7. The maximum Gasteiger partial charge on any atom is 0.407 e. The molecule has 180 valence electrons. The molecule has 0 saturated carbocycles. The fourth-order valence-electron chi connectivity index (χ4n) is 4.85. The summed E-state index contributed by atoms with van der Waals surface area (Å²) in [6, 6.07) is 15.3. The number of hydrogen-bond donors (Lipinski definition) is 3. The van der Waals surface area contributed by atoms with Crippen LogP contribution in [-0.4, -0.2) is 54.5 Å². The molecule has 0 bridgehead atoms. The highest BCUT2D eigenvalue weighted by atomic mass is 16.5. The minimum atomic E-state index is -1.09. The minimum absolute atomic E-state index is 0.0404. The van der Waals surface area contributed by atoms with Crippen molar-refractivity contribution in [2.24, 2.45) is 0 Å². The third-order valence-electron chi connectivity index (χ3n) is 6.42. The van der Waals surface area contributed by atoms with Gasteiger partial charge in [0, 0.05) is 25.0 Å². The summed E-state index contributed by atoms with van der Waals surface area (Å²) in [5.41, 5.74) is 4.58. The zero-order valence-electron chi connectivity index (χ0n) is 19.2. The Morgan fingerprint density at radius 1 is 1.09 bits per heavy atom. The predicted octanol–water partition coefficient (Wildman–Crippen LogP) is 3.44. The van der Waals surface area contributed by atoms with Crippen LogP contribution in [0.3, 0.4) is 0 Å². The van der Waals surface area contributed by atoms with Crippen molar-refractivity contribution in [3.05, 3.63) is 59.7 Å². The molecule has 0 unspecified atom stereocenters. The lowest BCUT2D eigenvalue weighted by Crippen LogP contribution is -2.46. The van der Waals surface area contributed by atoms with E-state index in [1.54, 1.807) is 0 Å². The van der Waals surface area contributed by atoms with Gasteiger partial charge in [-0.1, -0.05) is 61.9 Å². The van der Waals surface area contributed by atoms with Gasteiger partial charge >= 0.3 is 12.1 Å². The maximum atomic E-state index is 12.6. The van der Waals surface area contributed by atoms with Crippen LogP contribution in [0.25, 0.3) is 11.1 Å². The van der Waals surface area contributed by atoms with Crippen molar-refractivity contribution in [2.75, 3.05) is 13.2 Å². The van der Waals surface area contributed by atoms with Gasteiger partial charge < -0.3 is 25.2 Å². The molecule has 4 rings (SSSR count). The van der Waals surface area contributed by atoms with Gasteiger partial charge in [0.2, 0.25) is 5.91 Å². The number of amides is 2. The highest BCUT2D eigenvalue weighted by Gasteiger charge is 2.35. The standard InChI is InChI=1S/C26H30N2O6/c1-2-7-16(14-23(29)28-22-12-13-33-24(22)25(30)31)27-26(32)34-15-21-19-10-5-3-8-17(19)18-9-4-6-11-20(18)21/h3-6,8-11,16,21-22,24H,2,7,12-15H2,1H3,(H,27,32)(H,28,29)(H,30,31)/t16-,22-,24+/m0/s1. The molecular weight excluding hydrogens is 436 g/mol. The van der Waals surface area contributed by atoms with Crippen LogP contribution in [-0.2, 0) is 19.1 Å². The fraction of sp³-hybridized carbons (Fsp3) is 0.423. The molecule has 3 N–H and O–H groups in total. The summed E-state index contributed by atoms with van der Waals surface area (Å²) in [7, 11) is 0. The third-order valence-corrected chi connectivity index (χ3v) is 6.42. The molecule has 1 heterocycles. The molecule has 1 aliphatic heterocycles. The predicted molar refractivity (Wildman–Crippen MR) is 125 cm³/mol. The molecule has 0 spiro atoms. The Bertz CT molecular complexity index is 1010. The van der Waals surface area contributed by atoms with E-state index in [0.717, 1.165) is 28.7 Å². The first kappa shape index (κ1) is 23.8. The van der Waals surface area contributed by atoms with Crippen molar-refractivity contribution in [1.29, 1.82) is 0 Å². The number of alkyl carbamates (subject to hydrolysis) is 1. The van der Waals surface area contributed by atoms with E-state index >= 15 is 0 Å². The second-order valence-corrected chi connectivity index (χ2v) is 8.75. The van der Waals surface area contributed by atoms with E-state index in [9.17, 15) is 19.5 Å². The lowest BCUT2D eigenvalue weighted by molar-refractivity contribution is -0.148. The first-order chi connectivity index (χ1) is 16.5. The lowest BCUT2D eigenvalue weighted by atomic mass is 9.98. The molecule has 0 aromatic heterocycles. The number of ether oxygens (including phenoxy) is 2. The van der Waals surface area contributed by atoms with Crippen LogP contribution in [0.2, 0.25) is 0 Å². The van der Waals surface area contributed by atoms with E-state index in [2.05, 4.69) is 34.9 Å². The van der Waals surface area contributed by atoms with Crippen molar-refractivity contribution in [3.63, 3.8) is 0 Å². The summed E-state index contributed by atoms with van der Waals surface area (Å²) < 4.78 is 10.8. The number of nitrogens with one attached hydrogen (secondary N) is 2. The first-order valence-electron chi connectivity index (χ1n) is 11.7. The number of carboxylic acids is 1. The van der Waals surface area contributed by atoms with Gasteiger partial charge in [-0.25, -0.2) is 9.59 Å². The molecule has 34 heavy (non-hydrogen) atoms. The topological polar surface area (TPSA) is 114 Å². The Morgan fingerprint density at radius 3 is 2.35 bits per heavy atom. The average Bonchev–Trinajstić information content (AvgIpc) is 3.40. The Hall–Kier alpha value is -3.39. The number of fused-ring (bicyclic) bond motifs is 3. The number of carbonyl (C=O) groups excluding carboxylic acids is 2. The van der Waals surface area contributed by atoms with E-state index in [4.69, 9.17) is 9.47 Å². The van der Waals surface area contributed by atoms with Crippen LogP contribution in [0.4, 0.5) is 4.79 Å². The van der Waals surface area contributed by atoms with Crippen molar-refractivity contribution < 1.29 is 29.0 Å². The van der Waals surface area contributed by atoms with Gasteiger partial charge in [-0.05, 0) is 35.1 Å². The largest absolute Gasteiger partial charge is 0.479 e. The molecule has 2 aliphatic rings. The van der Waals surface area contributed by atoms with Crippen LogP contribution in [0, 0.1) is 0 Å². The van der Waals surface area contributed by atoms with E-state index in [1.165, 1.54) is 0 Å². The molecular formula is C26H30N2O6. The molecule has 8 nitrogen and oxygen atoms in total. The number of carbonyl (C=O) groups is 3. The summed E-state index contributed by atoms with van der Waals surface area (Å²) in [4.78, 5) is 36.4. The summed E-state index contributed by atoms with van der Waals surface area (Å²) in [6.45, 7) is 2.46. The fourth-order valence-corrected chi connectivity index (χ4v) is 4.85. The third kappa shape index (κ3) is 5.22. The molecule has 8 heteroatoms. The monoisotopic (exact) mass is 466 g/mol. The zero-order valence-corrected chi connectivity index (χ0v) is 19.2. The Morgan fingerprint density at radius 2 is 1.74 bits per heavy atom. The molecule has 1 aliphatic carbocycles. The zero-order chi connectivity index (χ0) is 24.1. The van der Waals surface area contributed by atoms with Crippen molar-refractivity contribution in [3.8, 4) is 11.1 Å². The molecule has 1 saturated heterocycles. The molecule has 3 atom stereocenters. The van der Waals surface area contributed by atoms with E-state index in [0.29, 0.717) is 12.8 Å². The van der Waals surface area contributed by atoms with E-state index in [1.807, 2.05) is 31.2 Å². The summed E-state index contributed by atoms with van der Waals surface area (Å²) in [5.74, 6) is -1.45. The van der Waals surface area contributed by atoms with Crippen molar-refractivity contribution in [1.82, 2.24) is 10.6 Å². The Labute approximate surface area is 198 Å². The van der Waals surface area contributed by atoms with Crippen LogP contribution >= 0.6 is 0 Å². The molecule has 2 aromatic rings. The number of rotatable bonds is 9. The lowest BCUT2D eigenvalue weighted by Gasteiger charge is -2.21. The maximum absolute atomic E-state index is 12.6. The SMILES string of the molecule is CCC[C@@H](CC(=O)N[C@H]1CCO[C@H]1C(=O)O)NC(=O)OCC1c2ccccc2-c2ccccc21. The van der Waals surface area contributed by atoms with Crippen LogP contribution in [0.1, 0.15) is 49.7 Å².